The molecule has 0 aliphatic rings. The Bertz CT molecular complexity index is 466. The number of halogens is 2. The zero-order valence-electron chi connectivity index (χ0n) is 11.3. The molecule has 0 fully saturated rings. The lowest BCUT2D eigenvalue weighted by molar-refractivity contribution is -0.137. The average Bonchev–Trinajstić information content (AvgIpc) is 2.26. The first kappa shape index (κ1) is 16.1. The van der Waals surface area contributed by atoms with Gasteiger partial charge >= 0.3 is 5.97 Å². The second kappa shape index (κ2) is 6.44. The number of allylic oxidation sites excluding steroid dienone is 1. The van der Waals surface area contributed by atoms with Crippen molar-refractivity contribution in [3.8, 4) is 0 Å². The van der Waals surface area contributed by atoms with Crippen molar-refractivity contribution in [2.24, 2.45) is 0 Å². The molecule has 1 rings (SSSR count). The highest BCUT2D eigenvalue weighted by Gasteiger charge is 2.17. The zero-order chi connectivity index (χ0) is 14.6. The summed E-state index contributed by atoms with van der Waals surface area (Å²) in [5.74, 6) is -1.19. The lowest BCUT2D eigenvalue weighted by Gasteiger charge is -2.20. The Labute approximate surface area is 124 Å². The third-order valence-electron chi connectivity index (χ3n) is 2.93. The van der Waals surface area contributed by atoms with Crippen LogP contribution in [0.3, 0.4) is 0 Å². The summed E-state index contributed by atoms with van der Waals surface area (Å²) in [6.45, 7) is 6.39. The van der Waals surface area contributed by atoms with Gasteiger partial charge in [-0.1, -0.05) is 68.2 Å². The van der Waals surface area contributed by atoms with Crippen molar-refractivity contribution < 1.29 is 9.90 Å². The van der Waals surface area contributed by atoms with Crippen LogP contribution in [0.2, 0.25) is 0 Å². The van der Waals surface area contributed by atoms with Gasteiger partial charge in [-0.2, -0.15) is 0 Å². The summed E-state index contributed by atoms with van der Waals surface area (Å²) in [5.41, 5.74) is 2.17. The summed E-state index contributed by atoms with van der Waals surface area (Å²) < 4.78 is 0.0890. The molecule has 0 aliphatic carbocycles. The number of benzene rings is 1. The predicted octanol–water partition coefficient (Wildman–Crippen LogP) is 4.86. The van der Waals surface area contributed by atoms with Gasteiger partial charge in [0.25, 0.3) is 0 Å². The first-order chi connectivity index (χ1) is 8.70. The van der Waals surface area contributed by atoms with E-state index in [9.17, 15) is 4.79 Å². The van der Waals surface area contributed by atoms with Crippen molar-refractivity contribution in [3.05, 3.63) is 46.0 Å². The van der Waals surface area contributed by atoms with Crippen LogP contribution in [0.4, 0.5) is 0 Å². The molecule has 0 aromatic heterocycles. The SMILES string of the molecule is CC(C)(C)c1ccc(C(C=C(Cl)Cl)CC(=O)O)cc1. The standard InChI is InChI=1S/C15H18Cl2O2/c1-15(2,3)12-6-4-10(5-7-12)11(8-13(16)17)9-14(18)19/h4-8,11H,9H2,1-3H3,(H,18,19). The number of carboxylic acids is 1. The lowest BCUT2D eigenvalue weighted by atomic mass is 9.85. The Morgan fingerprint density at radius 1 is 1.26 bits per heavy atom. The molecule has 0 radical (unpaired) electrons. The van der Waals surface area contributed by atoms with Gasteiger partial charge in [0, 0.05) is 5.92 Å². The van der Waals surface area contributed by atoms with Gasteiger partial charge in [0.2, 0.25) is 0 Å². The van der Waals surface area contributed by atoms with E-state index in [4.69, 9.17) is 28.3 Å². The Hall–Kier alpha value is -0.990. The van der Waals surface area contributed by atoms with Crippen LogP contribution in [0.15, 0.2) is 34.8 Å². The minimum atomic E-state index is -0.879. The summed E-state index contributed by atoms with van der Waals surface area (Å²) in [5, 5.41) is 8.93. The predicted molar refractivity (Wildman–Crippen MR) is 79.9 cm³/mol. The van der Waals surface area contributed by atoms with E-state index in [2.05, 4.69) is 20.8 Å². The van der Waals surface area contributed by atoms with E-state index in [-0.39, 0.29) is 22.2 Å². The second-order valence-corrected chi connectivity index (χ2v) is 6.54. The zero-order valence-corrected chi connectivity index (χ0v) is 12.8. The van der Waals surface area contributed by atoms with Crippen molar-refractivity contribution in [1.82, 2.24) is 0 Å². The number of hydrogen-bond donors (Lipinski definition) is 1. The largest absolute Gasteiger partial charge is 0.481 e. The summed E-state index contributed by atoms with van der Waals surface area (Å²) in [4.78, 5) is 10.9. The maximum Gasteiger partial charge on any atom is 0.304 e. The van der Waals surface area contributed by atoms with Gasteiger partial charge < -0.3 is 5.11 Å². The molecule has 2 nitrogen and oxygen atoms in total. The molecule has 4 heteroatoms. The van der Waals surface area contributed by atoms with E-state index in [0.29, 0.717) is 0 Å². The summed E-state index contributed by atoms with van der Waals surface area (Å²) in [6.07, 6.45) is 1.53. The minimum Gasteiger partial charge on any atom is -0.481 e. The Balaban J connectivity index is 3.04. The van der Waals surface area contributed by atoms with Crippen LogP contribution in [-0.2, 0) is 10.2 Å². The third-order valence-corrected chi connectivity index (χ3v) is 3.18. The lowest BCUT2D eigenvalue weighted by Crippen LogP contribution is -2.11. The van der Waals surface area contributed by atoms with Crippen molar-refractivity contribution in [2.75, 3.05) is 0 Å². The Morgan fingerprint density at radius 2 is 1.79 bits per heavy atom. The quantitative estimate of drug-likeness (QED) is 0.862. The summed E-state index contributed by atoms with van der Waals surface area (Å²) >= 11 is 11.3. The molecule has 104 valence electrons. The van der Waals surface area contributed by atoms with Crippen LogP contribution < -0.4 is 0 Å². The first-order valence-corrected chi connectivity index (χ1v) is 6.81. The molecule has 1 N–H and O–H groups in total. The molecule has 1 unspecified atom stereocenters. The fraction of sp³-hybridized carbons (Fsp3) is 0.400. The van der Waals surface area contributed by atoms with Crippen LogP contribution in [0.5, 0.6) is 0 Å². The second-order valence-electron chi connectivity index (χ2n) is 5.53. The van der Waals surface area contributed by atoms with Gasteiger partial charge in [0.15, 0.2) is 0 Å². The van der Waals surface area contributed by atoms with E-state index >= 15 is 0 Å². The van der Waals surface area contributed by atoms with Crippen molar-refractivity contribution in [3.63, 3.8) is 0 Å². The normalized spacial score (nSPS) is 12.9. The molecule has 0 saturated carbocycles. The maximum absolute atomic E-state index is 10.9. The third kappa shape index (κ3) is 5.25. The number of carboxylic acid groups (broad SMARTS) is 1. The fourth-order valence-electron chi connectivity index (χ4n) is 1.84. The highest BCUT2D eigenvalue weighted by atomic mass is 35.5. The smallest absolute Gasteiger partial charge is 0.304 e. The van der Waals surface area contributed by atoms with Gasteiger partial charge in [0.1, 0.15) is 4.49 Å². The molecule has 0 saturated heterocycles. The van der Waals surface area contributed by atoms with E-state index < -0.39 is 5.97 Å². The van der Waals surface area contributed by atoms with E-state index in [1.807, 2.05) is 24.3 Å². The van der Waals surface area contributed by atoms with Gasteiger partial charge in [-0.05, 0) is 22.6 Å². The molecule has 0 amide bonds. The molecule has 1 aromatic rings. The molecule has 1 aromatic carbocycles. The number of carbonyl (C=O) groups is 1. The van der Waals surface area contributed by atoms with Gasteiger partial charge in [-0.15, -0.1) is 0 Å². The van der Waals surface area contributed by atoms with Crippen molar-refractivity contribution >= 4 is 29.2 Å². The van der Waals surface area contributed by atoms with Gasteiger partial charge in [-0.3, -0.25) is 4.79 Å². The van der Waals surface area contributed by atoms with Gasteiger partial charge in [0.05, 0.1) is 6.42 Å². The van der Waals surface area contributed by atoms with Crippen LogP contribution in [-0.4, -0.2) is 11.1 Å². The molecule has 0 aliphatic heterocycles. The Kier molecular flexibility index (Phi) is 5.45. The van der Waals surface area contributed by atoms with E-state index in [0.717, 1.165) is 5.56 Å². The molecule has 1 atom stereocenters. The van der Waals surface area contributed by atoms with Crippen molar-refractivity contribution in [2.45, 2.75) is 38.5 Å². The topological polar surface area (TPSA) is 37.3 Å². The molecule has 0 bridgehead atoms. The molecular formula is C15H18Cl2O2. The monoisotopic (exact) mass is 300 g/mol. The Morgan fingerprint density at radius 3 is 2.16 bits per heavy atom. The number of rotatable bonds is 4. The van der Waals surface area contributed by atoms with Crippen LogP contribution in [0.25, 0.3) is 0 Å². The highest BCUT2D eigenvalue weighted by molar-refractivity contribution is 6.55. The van der Waals surface area contributed by atoms with Crippen LogP contribution >= 0.6 is 23.2 Å². The minimum absolute atomic E-state index is 0.0300. The van der Waals surface area contributed by atoms with Crippen molar-refractivity contribution in [1.29, 1.82) is 0 Å². The fourth-order valence-corrected chi connectivity index (χ4v) is 2.15. The average molecular weight is 301 g/mol. The first-order valence-electron chi connectivity index (χ1n) is 6.05. The maximum atomic E-state index is 10.9. The summed E-state index contributed by atoms with van der Waals surface area (Å²) in [6, 6.07) is 7.89. The molecule has 19 heavy (non-hydrogen) atoms. The summed E-state index contributed by atoms with van der Waals surface area (Å²) in [7, 11) is 0. The van der Waals surface area contributed by atoms with E-state index in [1.165, 1.54) is 5.56 Å². The van der Waals surface area contributed by atoms with Crippen LogP contribution in [0.1, 0.15) is 44.2 Å². The van der Waals surface area contributed by atoms with E-state index in [1.54, 1.807) is 6.08 Å². The number of aliphatic carboxylic acids is 1. The number of hydrogen-bond acceptors (Lipinski definition) is 1. The molecular weight excluding hydrogens is 283 g/mol. The van der Waals surface area contributed by atoms with Gasteiger partial charge in [-0.25, -0.2) is 0 Å². The molecule has 0 spiro atoms. The van der Waals surface area contributed by atoms with Crippen LogP contribution in [0, 0.1) is 0 Å². The highest BCUT2D eigenvalue weighted by Crippen LogP contribution is 2.28. The molecule has 0 heterocycles.